The standard InChI is InChI=1S/C28H41NO3/c1-21-7-5-8-22(15-21)17-25(30)9-10-26-27-18-23(16-24(27)19-28(26)31)20-32-14-6-13-29-11-3-2-4-12-29/h5,7-10,15-16,24-28,30-31H,2-4,6,11-14,17-20H2,1H3/t24-,25-,26+,27-,28+/m0/s1. The van der Waals surface area contributed by atoms with E-state index in [0.717, 1.165) is 44.6 Å². The van der Waals surface area contributed by atoms with Gasteiger partial charge in [-0.3, -0.25) is 0 Å². The van der Waals surface area contributed by atoms with Crippen LogP contribution in [0.1, 0.15) is 49.7 Å². The molecule has 1 heterocycles. The zero-order valence-corrected chi connectivity index (χ0v) is 19.7. The molecule has 1 saturated heterocycles. The lowest BCUT2D eigenvalue weighted by Crippen LogP contribution is -2.31. The summed E-state index contributed by atoms with van der Waals surface area (Å²) in [6, 6.07) is 8.29. The molecule has 5 atom stereocenters. The number of aliphatic hydroxyl groups is 2. The van der Waals surface area contributed by atoms with Crippen molar-refractivity contribution in [1.29, 1.82) is 0 Å². The number of fused-ring (bicyclic) bond motifs is 1. The topological polar surface area (TPSA) is 52.9 Å². The van der Waals surface area contributed by atoms with Gasteiger partial charge in [-0.1, -0.05) is 54.5 Å². The predicted molar refractivity (Wildman–Crippen MR) is 130 cm³/mol. The first kappa shape index (κ1) is 23.7. The van der Waals surface area contributed by atoms with E-state index in [2.05, 4.69) is 42.2 Å². The van der Waals surface area contributed by atoms with Gasteiger partial charge in [-0.25, -0.2) is 0 Å². The molecule has 2 fully saturated rings. The minimum atomic E-state index is -0.514. The van der Waals surface area contributed by atoms with Crippen LogP contribution in [-0.2, 0) is 11.2 Å². The molecule has 4 rings (SSSR count). The first-order valence-corrected chi connectivity index (χ1v) is 12.7. The van der Waals surface area contributed by atoms with E-state index in [1.165, 1.54) is 43.5 Å². The Morgan fingerprint density at radius 2 is 2.06 bits per heavy atom. The fourth-order valence-electron chi connectivity index (χ4n) is 5.89. The molecule has 4 nitrogen and oxygen atoms in total. The van der Waals surface area contributed by atoms with Crippen molar-refractivity contribution >= 4 is 0 Å². The second-order valence-electron chi connectivity index (χ2n) is 10.2. The van der Waals surface area contributed by atoms with Crippen molar-refractivity contribution in [2.75, 3.05) is 32.8 Å². The van der Waals surface area contributed by atoms with Crippen LogP contribution in [0.25, 0.3) is 0 Å². The summed E-state index contributed by atoms with van der Waals surface area (Å²) >= 11 is 0. The molecule has 0 unspecified atom stereocenters. The summed E-state index contributed by atoms with van der Waals surface area (Å²) in [7, 11) is 0. The summed E-state index contributed by atoms with van der Waals surface area (Å²) < 4.78 is 5.99. The fraction of sp³-hybridized carbons (Fsp3) is 0.643. The number of likely N-dealkylation sites (tertiary alicyclic amines) is 1. The molecule has 2 N–H and O–H groups in total. The van der Waals surface area contributed by atoms with Crippen molar-refractivity contribution in [1.82, 2.24) is 4.90 Å². The highest BCUT2D eigenvalue weighted by Crippen LogP contribution is 2.47. The number of rotatable bonds is 10. The number of hydrogen-bond acceptors (Lipinski definition) is 4. The fourth-order valence-corrected chi connectivity index (χ4v) is 5.89. The third-order valence-electron chi connectivity index (χ3n) is 7.53. The first-order chi connectivity index (χ1) is 15.6. The zero-order chi connectivity index (χ0) is 22.3. The summed E-state index contributed by atoms with van der Waals surface area (Å²) in [6.45, 7) is 7.31. The SMILES string of the molecule is Cc1cccc(C[C@@H](O)C=C[C@@H]2[C@H]3CC(COCCCN4CCCCC4)=C[C@H]3C[C@H]2O)c1. The third kappa shape index (κ3) is 6.54. The summed E-state index contributed by atoms with van der Waals surface area (Å²) in [6.07, 6.45) is 13.2. The molecule has 4 heteroatoms. The molecule has 176 valence electrons. The second kappa shape index (κ2) is 11.6. The summed E-state index contributed by atoms with van der Waals surface area (Å²) in [4.78, 5) is 2.57. The molecule has 32 heavy (non-hydrogen) atoms. The monoisotopic (exact) mass is 439 g/mol. The van der Waals surface area contributed by atoms with Crippen molar-refractivity contribution < 1.29 is 14.9 Å². The predicted octanol–water partition coefficient (Wildman–Crippen LogP) is 4.29. The van der Waals surface area contributed by atoms with Gasteiger partial charge in [0.2, 0.25) is 0 Å². The molecular formula is C28H41NO3. The molecule has 0 radical (unpaired) electrons. The largest absolute Gasteiger partial charge is 0.392 e. The molecule has 1 aromatic rings. The zero-order valence-electron chi connectivity index (χ0n) is 19.7. The van der Waals surface area contributed by atoms with Crippen LogP contribution >= 0.6 is 0 Å². The maximum absolute atomic E-state index is 10.6. The molecule has 2 aliphatic carbocycles. The van der Waals surface area contributed by atoms with Crippen LogP contribution in [0.4, 0.5) is 0 Å². The van der Waals surface area contributed by atoms with Gasteiger partial charge in [0.25, 0.3) is 0 Å². The highest BCUT2D eigenvalue weighted by Gasteiger charge is 2.43. The van der Waals surface area contributed by atoms with Gasteiger partial charge in [0.15, 0.2) is 0 Å². The Hall–Kier alpha value is -1.46. The first-order valence-electron chi connectivity index (χ1n) is 12.7. The number of piperidine rings is 1. The Morgan fingerprint density at radius 1 is 1.22 bits per heavy atom. The highest BCUT2D eigenvalue weighted by molar-refractivity contribution is 5.24. The molecule has 0 bridgehead atoms. The van der Waals surface area contributed by atoms with E-state index in [1.807, 2.05) is 12.1 Å². The lowest BCUT2D eigenvalue weighted by Gasteiger charge is -2.26. The van der Waals surface area contributed by atoms with Gasteiger partial charge in [0, 0.05) is 25.5 Å². The van der Waals surface area contributed by atoms with Crippen LogP contribution in [0, 0.1) is 24.7 Å². The summed E-state index contributed by atoms with van der Waals surface area (Å²) in [5.74, 6) is 1.01. The van der Waals surface area contributed by atoms with Gasteiger partial charge in [0.1, 0.15) is 0 Å². The number of hydrogen-bond donors (Lipinski definition) is 2. The van der Waals surface area contributed by atoms with E-state index in [-0.39, 0.29) is 12.0 Å². The smallest absolute Gasteiger partial charge is 0.0761 e. The third-order valence-corrected chi connectivity index (χ3v) is 7.53. The van der Waals surface area contributed by atoms with Crippen LogP contribution in [0.15, 0.2) is 48.1 Å². The average molecular weight is 440 g/mol. The second-order valence-corrected chi connectivity index (χ2v) is 10.2. The molecule has 1 aromatic carbocycles. The van der Waals surface area contributed by atoms with E-state index < -0.39 is 6.10 Å². The van der Waals surface area contributed by atoms with Gasteiger partial charge in [0.05, 0.1) is 18.8 Å². The Labute approximate surface area is 194 Å². The van der Waals surface area contributed by atoms with Crippen molar-refractivity contribution in [2.45, 2.75) is 64.1 Å². The van der Waals surface area contributed by atoms with E-state index in [1.54, 1.807) is 0 Å². The molecular weight excluding hydrogens is 398 g/mol. The normalized spacial score (nSPS) is 29.4. The highest BCUT2D eigenvalue weighted by atomic mass is 16.5. The van der Waals surface area contributed by atoms with Gasteiger partial charge in [-0.15, -0.1) is 0 Å². The minimum Gasteiger partial charge on any atom is -0.392 e. The van der Waals surface area contributed by atoms with Crippen molar-refractivity contribution in [3.8, 4) is 0 Å². The van der Waals surface area contributed by atoms with Crippen molar-refractivity contribution in [2.24, 2.45) is 17.8 Å². The van der Waals surface area contributed by atoms with Gasteiger partial charge < -0.3 is 19.8 Å². The Morgan fingerprint density at radius 3 is 2.88 bits per heavy atom. The van der Waals surface area contributed by atoms with Crippen LogP contribution in [0.5, 0.6) is 0 Å². The van der Waals surface area contributed by atoms with E-state index in [4.69, 9.17) is 4.74 Å². The number of benzene rings is 1. The lowest BCUT2D eigenvalue weighted by atomic mass is 9.89. The molecule has 1 aliphatic heterocycles. The Kier molecular flexibility index (Phi) is 8.59. The average Bonchev–Trinajstić information content (AvgIpc) is 3.29. The molecule has 1 saturated carbocycles. The summed E-state index contributed by atoms with van der Waals surface area (Å²) in [5.41, 5.74) is 3.75. The molecule has 3 aliphatic rings. The number of nitrogens with zero attached hydrogens (tertiary/aromatic N) is 1. The van der Waals surface area contributed by atoms with Crippen LogP contribution in [0.3, 0.4) is 0 Å². The maximum Gasteiger partial charge on any atom is 0.0761 e. The Balaban J connectivity index is 1.19. The van der Waals surface area contributed by atoms with Gasteiger partial charge >= 0.3 is 0 Å². The summed E-state index contributed by atoms with van der Waals surface area (Å²) in [5, 5.41) is 21.1. The molecule has 0 amide bonds. The van der Waals surface area contributed by atoms with E-state index >= 15 is 0 Å². The molecule has 0 aromatic heterocycles. The molecule has 0 spiro atoms. The number of aryl methyl sites for hydroxylation is 1. The maximum atomic E-state index is 10.6. The van der Waals surface area contributed by atoms with Crippen LogP contribution < -0.4 is 0 Å². The number of ether oxygens (including phenoxy) is 1. The number of allylic oxidation sites excluding steroid dienone is 1. The van der Waals surface area contributed by atoms with E-state index in [9.17, 15) is 10.2 Å². The van der Waals surface area contributed by atoms with Gasteiger partial charge in [-0.05, 0) is 75.1 Å². The number of aliphatic hydroxyl groups excluding tert-OH is 2. The van der Waals surface area contributed by atoms with Gasteiger partial charge in [-0.2, -0.15) is 0 Å². The van der Waals surface area contributed by atoms with Crippen molar-refractivity contribution in [3.05, 3.63) is 59.2 Å². The quantitative estimate of drug-likeness (QED) is 0.422. The van der Waals surface area contributed by atoms with Crippen molar-refractivity contribution in [3.63, 3.8) is 0 Å². The Bertz CT molecular complexity index is 783. The van der Waals surface area contributed by atoms with E-state index in [0.29, 0.717) is 18.3 Å². The van der Waals surface area contributed by atoms with Crippen LogP contribution in [0.2, 0.25) is 0 Å². The lowest BCUT2D eigenvalue weighted by molar-refractivity contribution is 0.126. The minimum absolute atomic E-state index is 0.125. The van der Waals surface area contributed by atoms with Crippen LogP contribution in [-0.4, -0.2) is 60.2 Å².